The minimum absolute atomic E-state index is 0.0482. The third-order valence-electron chi connectivity index (χ3n) is 4.27. The van der Waals surface area contributed by atoms with Crippen LogP contribution in [0, 0.1) is 0 Å². The average molecular weight is 358 g/mol. The summed E-state index contributed by atoms with van der Waals surface area (Å²) in [5.74, 6) is -0.185. The van der Waals surface area contributed by atoms with Crippen molar-refractivity contribution >= 4 is 29.0 Å². The molecule has 3 heterocycles. The number of hydrogen-bond donors (Lipinski definition) is 1. The third kappa shape index (κ3) is 4.04. The lowest BCUT2D eigenvalue weighted by Gasteiger charge is -2.20. The Bertz CT molecular complexity index is 737. The van der Waals surface area contributed by atoms with Gasteiger partial charge < -0.3 is 10.2 Å². The molecule has 2 aromatic heterocycles. The molecular formula is C18H22N4O2S. The maximum atomic E-state index is 13.0. The van der Waals surface area contributed by atoms with Crippen LogP contribution in [0.25, 0.3) is 11.4 Å². The topological polar surface area (TPSA) is 75.2 Å². The SMILES string of the molecule is CCC(=O)Nc1c(-c2ccccn2)nsc1C(=O)N1CCCCCC1. The molecule has 2 aromatic rings. The van der Waals surface area contributed by atoms with Crippen molar-refractivity contribution in [3.8, 4) is 11.4 Å². The first-order chi connectivity index (χ1) is 12.2. The van der Waals surface area contributed by atoms with E-state index in [0.29, 0.717) is 28.4 Å². The molecule has 0 spiro atoms. The Hall–Kier alpha value is -2.28. The van der Waals surface area contributed by atoms with E-state index in [9.17, 15) is 9.59 Å². The van der Waals surface area contributed by atoms with Crippen LogP contribution in [0.3, 0.4) is 0 Å². The zero-order valence-electron chi connectivity index (χ0n) is 14.3. The van der Waals surface area contributed by atoms with Crippen LogP contribution in [0.15, 0.2) is 24.4 Å². The van der Waals surface area contributed by atoms with Crippen LogP contribution in [0.4, 0.5) is 5.69 Å². The Morgan fingerprint density at radius 1 is 1.20 bits per heavy atom. The molecule has 2 amide bonds. The number of nitrogens with one attached hydrogen (secondary N) is 1. The van der Waals surface area contributed by atoms with Crippen LogP contribution in [0.5, 0.6) is 0 Å². The van der Waals surface area contributed by atoms with Gasteiger partial charge in [-0.05, 0) is 36.5 Å². The molecule has 0 radical (unpaired) electrons. The van der Waals surface area contributed by atoms with Crippen LogP contribution < -0.4 is 5.32 Å². The number of amides is 2. The molecule has 7 heteroatoms. The Morgan fingerprint density at radius 3 is 2.60 bits per heavy atom. The monoisotopic (exact) mass is 358 g/mol. The first kappa shape index (κ1) is 17.5. The number of anilines is 1. The number of pyridine rings is 1. The lowest BCUT2D eigenvalue weighted by molar-refractivity contribution is -0.115. The molecule has 1 N–H and O–H groups in total. The molecule has 1 saturated heterocycles. The van der Waals surface area contributed by atoms with E-state index in [2.05, 4.69) is 14.7 Å². The van der Waals surface area contributed by atoms with Gasteiger partial charge in [-0.2, -0.15) is 4.37 Å². The van der Waals surface area contributed by atoms with E-state index in [4.69, 9.17) is 0 Å². The van der Waals surface area contributed by atoms with Crippen LogP contribution >= 0.6 is 11.5 Å². The van der Waals surface area contributed by atoms with Crippen molar-refractivity contribution in [2.45, 2.75) is 39.0 Å². The lowest BCUT2D eigenvalue weighted by atomic mass is 10.2. The molecule has 132 valence electrons. The fraction of sp³-hybridized carbons (Fsp3) is 0.444. The molecule has 0 aliphatic carbocycles. The fourth-order valence-electron chi connectivity index (χ4n) is 2.87. The van der Waals surface area contributed by atoms with Crippen LogP contribution in [0.1, 0.15) is 48.7 Å². The highest BCUT2D eigenvalue weighted by atomic mass is 32.1. The van der Waals surface area contributed by atoms with Crippen LogP contribution in [-0.2, 0) is 4.79 Å². The van der Waals surface area contributed by atoms with Gasteiger partial charge >= 0.3 is 0 Å². The summed E-state index contributed by atoms with van der Waals surface area (Å²) in [6.45, 7) is 3.31. The molecule has 0 unspecified atom stereocenters. The number of nitrogens with zero attached hydrogens (tertiary/aromatic N) is 3. The molecule has 1 fully saturated rings. The quantitative estimate of drug-likeness (QED) is 0.906. The van der Waals surface area contributed by atoms with E-state index in [0.717, 1.165) is 50.3 Å². The van der Waals surface area contributed by atoms with E-state index in [-0.39, 0.29) is 11.8 Å². The minimum Gasteiger partial charge on any atom is -0.338 e. The summed E-state index contributed by atoms with van der Waals surface area (Å²) in [7, 11) is 0. The molecule has 0 aromatic carbocycles. The van der Waals surface area contributed by atoms with Crippen molar-refractivity contribution in [3.63, 3.8) is 0 Å². The molecule has 0 saturated carbocycles. The molecule has 6 nitrogen and oxygen atoms in total. The highest BCUT2D eigenvalue weighted by Gasteiger charge is 2.26. The first-order valence-electron chi connectivity index (χ1n) is 8.71. The molecule has 1 aliphatic heterocycles. The molecule has 0 atom stereocenters. The minimum atomic E-state index is -0.137. The van der Waals surface area contributed by atoms with E-state index in [1.807, 2.05) is 23.1 Å². The molecular weight excluding hydrogens is 336 g/mol. The Balaban J connectivity index is 1.96. The van der Waals surface area contributed by atoms with E-state index >= 15 is 0 Å². The van der Waals surface area contributed by atoms with Gasteiger partial charge in [0.1, 0.15) is 10.6 Å². The molecule has 0 bridgehead atoms. The number of rotatable bonds is 4. The highest BCUT2D eigenvalue weighted by molar-refractivity contribution is 7.09. The van der Waals surface area contributed by atoms with Gasteiger partial charge in [0.2, 0.25) is 5.91 Å². The summed E-state index contributed by atoms with van der Waals surface area (Å²) in [6, 6.07) is 5.52. The van der Waals surface area contributed by atoms with Crippen LogP contribution in [0.2, 0.25) is 0 Å². The summed E-state index contributed by atoms with van der Waals surface area (Å²) in [5, 5.41) is 2.86. The maximum Gasteiger partial charge on any atom is 0.267 e. The Kier molecular flexibility index (Phi) is 5.75. The summed E-state index contributed by atoms with van der Waals surface area (Å²) in [4.78, 5) is 31.7. The normalized spacial score (nSPS) is 14.8. The standard InChI is InChI=1S/C18H22N4O2S/c1-2-14(23)20-16-15(13-9-5-6-10-19-13)21-25-17(16)18(24)22-11-7-3-4-8-12-22/h5-6,9-10H,2-4,7-8,11-12H2,1H3,(H,20,23). The van der Waals surface area contributed by atoms with E-state index in [1.54, 1.807) is 13.1 Å². The highest BCUT2D eigenvalue weighted by Crippen LogP contribution is 2.33. The Morgan fingerprint density at radius 2 is 1.96 bits per heavy atom. The van der Waals surface area contributed by atoms with Crippen molar-refractivity contribution < 1.29 is 9.59 Å². The van der Waals surface area contributed by atoms with Gasteiger partial charge in [-0.25, -0.2) is 0 Å². The van der Waals surface area contributed by atoms with Crippen molar-refractivity contribution in [2.75, 3.05) is 18.4 Å². The van der Waals surface area contributed by atoms with Crippen molar-refractivity contribution in [1.82, 2.24) is 14.3 Å². The second-order valence-electron chi connectivity index (χ2n) is 6.06. The van der Waals surface area contributed by atoms with Crippen molar-refractivity contribution in [3.05, 3.63) is 29.3 Å². The second-order valence-corrected chi connectivity index (χ2v) is 6.83. The summed E-state index contributed by atoms with van der Waals surface area (Å²) < 4.78 is 4.43. The van der Waals surface area contributed by atoms with E-state index in [1.165, 1.54) is 0 Å². The lowest BCUT2D eigenvalue weighted by Crippen LogP contribution is -2.32. The summed E-state index contributed by atoms with van der Waals surface area (Å²) in [6.07, 6.45) is 6.38. The number of carbonyl (C=O) groups is 2. The maximum absolute atomic E-state index is 13.0. The average Bonchev–Trinajstić information content (AvgIpc) is 2.87. The smallest absolute Gasteiger partial charge is 0.267 e. The van der Waals surface area contributed by atoms with Crippen LogP contribution in [-0.4, -0.2) is 39.2 Å². The first-order valence-corrected chi connectivity index (χ1v) is 9.48. The number of aromatic nitrogens is 2. The number of hydrogen-bond acceptors (Lipinski definition) is 5. The fourth-order valence-corrected chi connectivity index (χ4v) is 3.69. The van der Waals surface area contributed by atoms with E-state index < -0.39 is 0 Å². The predicted octanol–water partition coefficient (Wildman–Crippen LogP) is 3.57. The zero-order chi connectivity index (χ0) is 17.6. The largest absolute Gasteiger partial charge is 0.338 e. The summed E-state index contributed by atoms with van der Waals surface area (Å²) >= 11 is 1.14. The van der Waals surface area contributed by atoms with Gasteiger partial charge in [-0.3, -0.25) is 14.6 Å². The molecule has 25 heavy (non-hydrogen) atoms. The third-order valence-corrected chi connectivity index (χ3v) is 5.11. The van der Waals surface area contributed by atoms with Gasteiger partial charge in [0, 0.05) is 25.7 Å². The van der Waals surface area contributed by atoms with Gasteiger partial charge in [-0.15, -0.1) is 0 Å². The van der Waals surface area contributed by atoms with Gasteiger partial charge in [-0.1, -0.05) is 25.8 Å². The number of carbonyl (C=O) groups excluding carboxylic acids is 2. The Labute approximate surface area is 151 Å². The summed E-state index contributed by atoms with van der Waals surface area (Å²) in [5.41, 5.74) is 1.70. The number of likely N-dealkylation sites (tertiary alicyclic amines) is 1. The second kappa shape index (κ2) is 8.20. The van der Waals surface area contributed by atoms with Gasteiger partial charge in [0.15, 0.2) is 0 Å². The van der Waals surface area contributed by atoms with Gasteiger partial charge in [0.05, 0.1) is 11.4 Å². The van der Waals surface area contributed by atoms with Crippen molar-refractivity contribution in [2.24, 2.45) is 0 Å². The van der Waals surface area contributed by atoms with Gasteiger partial charge in [0.25, 0.3) is 5.91 Å². The molecule has 1 aliphatic rings. The predicted molar refractivity (Wildman–Crippen MR) is 98.6 cm³/mol. The molecule has 3 rings (SSSR count). The van der Waals surface area contributed by atoms with Crippen molar-refractivity contribution in [1.29, 1.82) is 0 Å². The zero-order valence-corrected chi connectivity index (χ0v) is 15.1.